The molecule has 0 saturated carbocycles. The molecule has 0 bridgehead atoms. The zero-order chi connectivity index (χ0) is 19.3. The highest BCUT2D eigenvalue weighted by Gasteiger charge is 2.27. The number of hydrogen-bond donors (Lipinski definition) is 1. The first-order chi connectivity index (χ1) is 13.0. The van der Waals surface area contributed by atoms with Gasteiger partial charge in [0, 0.05) is 30.1 Å². The van der Waals surface area contributed by atoms with Crippen LogP contribution < -0.4 is 5.32 Å². The lowest BCUT2D eigenvalue weighted by molar-refractivity contribution is 0.0923. The number of amides is 1. The summed E-state index contributed by atoms with van der Waals surface area (Å²) < 4.78 is 26.5. The predicted octanol–water partition coefficient (Wildman–Crippen LogP) is 3.19. The highest BCUT2D eigenvalue weighted by atomic mass is 32.2. The number of rotatable bonds is 5. The van der Waals surface area contributed by atoms with Gasteiger partial charge >= 0.3 is 0 Å². The Bertz CT molecular complexity index is 915. The van der Waals surface area contributed by atoms with E-state index in [0.29, 0.717) is 31.5 Å². The Balaban J connectivity index is 1.56. The standard InChI is InChI=1S/C21H24N2O3S/c1-17-7-5-6-10-20(17)21(24)22-19-11-14-23(15-12-19)27(25,26)16-13-18-8-3-2-4-9-18/h2-10,13,16,19H,11-12,14-15H2,1H3,(H,22,24). The van der Waals surface area contributed by atoms with Crippen LogP contribution in [0.25, 0.3) is 6.08 Å². The molecule has 1 heterocycles. The normalized spacial score (nSPS) is 16.5. The smallest absolute Gasteiger partial charge is 0.251 e. The van der Waals surface area contributed by atoms with Crippen LogP contribution in [0.15, 0.2) is 60.0 Å². The summed E-state index contributed by atoms with van der Waals surface area (Å²) in [6, 6.07) is 16.8. The molecule has 1 aliphatic heterocycles. The van der Waals surface area contributed by atoms with E-state index in [1.54, 1.807) is 12.1 Å². The average molecular weight is 385 g/mol. The van der Waals surface area contributed by atoms with Gasteiger partial charge in [0.05, 0.1) is 0 Å². The van der Waals surface area contributed by atoms with E-state index in [9.17, 15) is 13.2 Å². The second-order valence-corrected chi connectivity index (χ2v) is 8.54. The van der Waals surface area contributed by atoms with Crippen LogP contribution in [0.5, 0.6) is 0 Å². The molecule has 0 atom stereocenters. The Labute approximate surface area is 160 Å². The molecule has 0 radical (unpaired) electrons. The van der Waals surface area contributed by atoms with E-state index >= 15 is 0 Å². The molecule has 1 saturated heterocycles. The Hall–Kier alpha value is -2.44. The summed E-state index contributed by atoms with van der Waals surface area (Å²) in [6.07, 6.45) is 2.83. The van der Waals surface area contributed by atoms with Crippen molar-refractivity contribution in [3.63, 3.8) is 0 Å². The zero-order valence-electron chi connectivity index (χ0n) is 15.3. The van der Waals surface area contributed by atoms with Crippen LogP contribution in [0.3, 0.4) is 0 Å². The third-order valence-corrected chi connectivity index (χ3v) is 6.34. The van der Waals surface area contributed by atoms with Crippen molar-refractivity contribution in [3.8, 4) is 0 Å². The van der Waals surface area contributed by atoms with Crippen LogP contribution in [0.1, 0.15) is 34.3 Å². The Morgan fingerprint density at radius 2 is 1.67 bits per heavy atom. The molecule has 5 nitrogen and oxygen atoms in total. The van der Waals surface area contributed by atoms with Crippen molar-refractivity contribution in [2.75, 3.05) is 13.1 Å². The van der Waals surface area contributed by atoms with Gasteiger partial charge < -0.3 is 5.32 Å². The summed E-state index contributed by atoms with van der Waals surface area (Å²) in [7, 11) is -3.45. The van der Waals surface area contributed by atoms with Gasteiger partial charge in [-0.2, -0.15) is 4.31 Å². The lowest BCUT2D eigenvalue weighted by Crippen LogP contribution is -2.46. The number of hydrogen-bond acceptors (Lipinski definition) is 3. The van der Waals surface area contributed by atoms with E-state index in [4.69, 9.17) is 0 Å². The molecule has 0 spiro atoms. The summed E-state index contributed by atoms with van der Waals surface area (Å²) >= 11 is 0. The molecule has 1 aliphatic rings. The van der Waals surface area contributed by atoms with Gasteiger partial charge in [0.2, 0.25) is 10.0 Å². The fourth-order valence-electron chi connectivity index (χ4n) is 3.16. The maximum atomic E-state index is 12.5. The zero-order valence-corrected chi connectivity index (χ0v) is 16.2. The second-order valence-electron chi connectivity index (χ2n) is 6.72. The Morgan fingerprint density at radius 3 is 2.33 bits per heavy atom. The number of nitrogens with one attached hydrogen (secondary N) is 1. The number of sulfonamides is 1. The van der Waals surface area contributed by atoms with Gasteiger partial charge in [-0.15, -0.1) is 0 Å². The molecular weight excluding hydrogens is 360 g/mol. The van der Waals surface area contributed by atoms with Crippen LogP contribution in [-0.4, -0.2) is 37.8 Å². The lowest BCUT2D eigenvalue weighted by atomic mass is 10.0. The summed E-state index contributed by atoms with van der Waals surface area (Å²) in [5.41, 5.74) is 2.45. The van der Waals surface area contributed by atoms with Crippen LogP contribution in [0.4, 0.5) is 0 Å². The van der Waals surface area contributed by atoms with Gasteiger partial charge in [0.15, 0.2) is 0 Å². The van der Waals surface area contributed by atoms with Gasteiger partial charge in [-0.05, 0) is 43.0 Å². The number of benzene rings is 2. The predicted molar refractivity (Wildman–Crippen MR) is 108 cm³/mol. The van der Waals surface area contributed by atoms with Crippen LogP contribution in [-0.2, 0) is 10.0 Å². The van der Waals surface area contributed by atoms with Crippen molar-refractivity contribution in [3.05, 3.63) is 76.7 Å². The summed E-state index contributed by atoms with van der Waals surface area (Å²) in [5.74, 6) is -0.0987. The molecule has 2 aromatic rings. The van der Waals surface area contributed by atoms with Gasteiger partial charge in [0.25, 0.3) is 5.91 Å². The van der Waals surface area contributed by atoms with Gasteiger partial charge in [-0.3, -0.25) is 4.79 Å². The van der Waals surface area contributed by atoms with E-state index in [1.165, 1.54) is 9.71 Å². The molecule has 6 heteroatoms. The molecule has 27 heavy (non-hydrogen) atoms. The third-order valence-electron chi connectivity index (χ3n) is 4.77. The number of carbonyl (C=O) groups is 1. The SMILES string of the molecule is Cc1ccccc1C(=O)NC1CCN(S(=O)(=O)C=Cc2ccccc2)CC1. The third kappa shape index (κ3) is 5.05. The fraction of sp³-hybridized carbons (Fsp3) is 0.286. The lowest BCUT2D eigenvalue weighted by Gasteiger charge is -2.30. The maximum Gasteiger partial charge on any atom is 0.251 e. The summed E-state index contributed by atoms with van der Waals surface area (Å²) in [5, 5.41) is 4.29. The summed E-state index contributed by atoms with van der Waals surface area (Å²) in [4.78, 5) is 12.4. The number of piperidine rings is 1. The molecule has 0 aliphatic carbocycles. The van der Waals surface area contributed by atoms with Gasteiger partial charge in [-0.25, -0.2) is 8.42 Å². The molecule has 1 N–H and O–H groups in total. The number of aryl methyl sites for hydroxylation is 1. The van der Waals surface area contributed by atoms with Gasteiger partial charge in [-0.1, -0.05) is 48.5 Å². The van der Waals surface area contributed by atoms with E-state index in [-0.39, 0.29) is 11.9 Å². The minimum Gasteiger partial charge on any atom is -0.349 e. The molecule has 0 aromatic heterocycles. The molecular formula is C21H24N2O3S. The molecule has 142 valence electrons. The fourth-order valence-corrected chi connectivity index (χ4v) is 4.38. The van der Waals surface area contributed by atoms with Gasteiger partial charge in [0.1, 0.15) is 0 Å². The van der Waals surface area contributed by atoms with E-state index in [0.717, 1.165) is 11.1 Å². The first kappa shape index (κ1) is 19.3. The van der Waals surface area contributed by atoms with Crippen molar-refractivity contribution in [1.29, 1.82) is 0 Å². The van der Waals surface area contributed by atoms with E-state index in [1.807, 2.05) is 55.5 Å². The van der Waals surface area contributed by atoms with E-state index < -0.39 is 10.0 Å². The molecule has 2 aromatic carbocycles. The monoisotopic (exact) mass is 384 g/mol. The Morgan fingerprint density at radius 1 is 1.04 bits per heavy atom. The van der Waals surface area contributed by atoms with Crippen molar-refractivity contribution >= 4 is 22.0 Å². The minimum absolute atomic E-state index is 0.0124. The average Bonchev–Trinajstić information content (AvgIpc) is 2.68. The van der Waals surface area contributed by atoms with E-state index in [2.05, 4.69) is 5.32 Å². The first-order valence-electron chi connectivity index (χ1n) is 9.05. The molecule has 1 amide bonds. The largest absolute Gasteiger partial charge is 0.349 e. The topological polar surface area (TPSA) is 66.5 Å². The number of carbonyl (C=O) groups excluding carboxylic acids is 1. The Kier molecular flexibility index (Phi) is 6.08. The highest BCUT2D eigenvalue weighted by Crippen LogP contribution is 2.17. The number of nitrogens with zero attached hydrogens (tertiary/aromatic N) is 1. The quantitative estimate of drug-likeness (QED) is 0.861. The molecule has 3 rings (SSSR count). The molecule has 1 fully saturated rings. The minimum atomic E-state index is -3.45. The van der Waals surface area contributed by atoms with Crippen LogP contribution >= 0.6 is 0 Å². The van der Waals surface area contributed by atoms with Crippen molar-refractivity contribution in [2.45, 2.75) is 25.8 Å². The maximum absolute atomic E-state index is 12.5. The van der Waals surface area contributed by atoms with Crippen molar-refractivity contribution < 1.29 is 13.2 Å². The van der Waals surface area contributed by atoms with Crippen molar-refractivity contribution in [2.24, 2.45) is 0 Å². The van der Waals surface area contributed by atoms with Crippen molar-refractivity contribution in [1.82, 2.24) is 9.62 Å². The van der Waals surface area contributed by atoms with Crippen LogP contribution in [0, 0.1) is 6.92 Å². The highest BCUT2D eigenvalue weighted by molar-refractivity contribution is 7.92. The first-order valence-corrected chi connectivity index (χ1v) is 10.6. The van der Waals surface area contributed by atoms with Crippen LogP contribution in [0.2, 0.25) is 0 Å². The molecule has 0 unspecified atom stereocenters. The second kappa shape index (κ2) is 8.50. The summed E-state index contributed by atoms with van der Waals surface area (Å²) in [6.45, 7) is 2.71.